The second-order valence-corrected chi connectivity index (χ2v) is 7.32. The smallest absolute Gasteiger partial charge is 0.338 e. The van der Waals surface area contributed by atoms with E-state index in [4.69, 9.17) is 9.47 Å². The first-order valence-electron chi connectivity index (χ1n) is 10.2. The molecule has 5 heteroatoms. The van der Waals surface area contributed by atoms with Crippen molar-refractivity contribution >= 4 is 5.97 Å². The molecule has 144 valence electrons. The number of cyclic esters (lactones) is 1. The van der Waals surface area contributed by atoms with Gasteiger partial charge < -0.3 is 19.3 Å². The van der Waals surface area contributed by atoms with E-state index in [0.29, 0.717) is 18.8 Å². The molecule has 0 spiro atoms. The van der Waals surface area contributed by atoms with E-state index >= 15 is 0 Å². The van der Waals surface area contributed by atoms with Crippen LogP contribution in [-0.2, 0) is 4.74 Å². The van der Waals surface area contributed by atoms with Gasteiger partial charge in [-0.15, -0.1) is 0 Å². The molecule has 0 aliphatic carbocycles. The van der Waals surface area contributed by atoms with Gasteiger partial charge in [-0.3, -0.25) is 0 Å². The SMILES string of the molecule is O=C1OCCCN2CCCN(CCCCCCOc3cccc1c3)CC2. The number of ether oxygens (including phenoxy) is 2. The average molecular weight is 360 g/mol. The Morgan fingerprint density at radius 3 is 2.23 bits per heavy atom. The summed E-state index contributed by atoms with van der Waals surface area (Å²) < 4.78 is 11.3. The number of benzene rings is 1. The summed E-state index contributed by atoms with van der Waals surface area (Å²) in [7, 11) is 0. The Kier molecular flexibility index (Phi) is 7.77. The summed E-state index contributed by atoms with van der Waals surface area (Å²) >= 11 is 0. The summed E-state index contributed by atoms with van der Waals surface area (Å²) in [6, 6.07) is 7.35. The normalized spacial score (nSPS) is 26.5. The number of carbonyl (C=O) groups excluding carboxylic acids is 1. The molecule has 1 fully saturated rings. The van der Waals surface area contributed by atoms with Crippen LogP contribution < -0.4 is 4.74 Å². The van der Waals surface area contributed by atoms with Crippen molar-refractivity contribution in [2.75, 3.05) is 52.5 Å². The van der Waals surface area contributed by atoms with Gasteiger partial charge in [-0.1, -0.05) is 18.9 Å². The Hall–Kier alpha value is -1.59. The minimum absolute atomic E-state index is 0.254. The van der Waals surface area contributed by atoms with Crippen LogP contribution in [0.3, 0.4) is 0 Å². The van der Waals surface area contributed by atoms with Gasteiger partial charge >= 0.3 is 5.97 Å². The highest BCUT2D eigenvalue weighted by molar-refractivity contribution is 5.89. The molecule has 2 aliphatic rings. The lowest BCUT2D eigenvalue weighted by Gasteiger charge is -2.21. The molecule has 26 heavy (non-hydrogen) atoms. The van der Waals surface area contributed by atoms with Gasteiger partial charge in [0.05, 0.1) is 18.8 Å². The molecule has 0 radical (unpaired) electrons. The standard InChI is InChI=1S/C21H32N2O3/c24-21-19-8-5-9-20(18-19)25-16-4-2-1-3-10-22-11-6-12-23(15-14-22)13-7-17-26-21/h5,8-9,18H,1-4,6-7,10-17H2. The first-order valence-corrected chi connectivity index (χ1v) is 10.2. The van der Waals surface area contributed by atoms with Crippen LogP contribution in [0.25, 0.3) is 0 Å². The van der Waals surface area contributed by atoms with Crippen molar-refractivity contribution in [3.05, 3.63) is 29.8 Å². The van der Waals surface area contributed by atoms with Gasteiger partial charge in [0.25, 0.3) is 0 Å². The average Bonchev–Trinajstić information content (AvgIpc) is 2.89. The number of fused-ring (bicyclic) bond motifs is 5. The van der Waals surface area contributed by atoms with Crippen molar-refractivity contribution in [3.8, 4) is 5.75 Å². The molecular formula is C21H32N2O3. The predicted octanol–water partition coefficient (Wildman–Crippen LogP) is 3.19. The summed E-state index contributed by atoms with van der Waals surface area (Å²) in [6.45, 7) is 8.06. The second kappa shape index (κ2) is 10.5. The molecule has 0 amide bonds. The van der Waals surface area contributed by atoms with Crippen molar-refractivity contribution in [2.24, 2.45) is 0 Å². The molecule has 0 aromatic heterocycles. The lowest BCUT2D eigenvalue weighted by molar-refractivity contribution is 0.0488. The van der Waals surface area contributed by atoms with Crippen molar-refractivity contribution in [1.29, 1.82) is 0 Å². The fourth-order valence-electron chi connectivity index (χ4n) is 3.70. The van der Waals surface area contributed by atoms with Crippen LogP contribution in [0, 0.1) is 0 Å². The third-order valence-corrected chi connectivity index (χ3v) is 5.24. The summed E-state index contributed by atoms with van der Waals surface area (Å²) in [5.41, 5.74) is 0.575. The van der Waals surface area contributed by atoms with Gasteiger partial charge in [0.2, 0.25) is 0 Å². The maximum Gasteiger partial charge on any atom is 0.338 e. The Morgan fingerprint density at radius 1 is 0.692 bits per heavy atom. The van der Waals surface area contributed by atoms with Crippen LogP contribution in [0.1, 0.15) is 48.9 Å². The highest BCUT2D eigenvalue weighted by Gasteiger charge is 2.15. The monoisotopic (exact) mass is 360 g/mol. The Morgan fingerprint density at radius 2 is 1.38 bits per heavy atom. The zero-order chi connectivity index (χ0) is 18.0. The van der Waals surface area contributed by atoms with Crippen molar-refractivity contribution < 1.29 is 14.3 Å². The fourth-order valence-corrected chi connectivity index (χ4v) is 3.70. The molecular weight excluding hydrogens is 328 g/mol. The predicted molar refractivity (Wildman–Crippen MR) is 103 cm³/mol. The lowest BCUT2D eigenvalue weighted by Crippen LogP contribution is -2.32. The summed E-state index contributed by atoms with van der Waals surface area (Å²) in [4.78, 5) is 17.3. The van der Waals surface area contributed by atoms with Crippen LogP contribution >= 0.6 is 0 Å². The fraction of sp³-hybridized carbons (Fsp3) is 0.667. The molecule has 4 bridgehead atoms. The van der Waals surface area contributed by atoms with Crippen LogP contribution in [0.4, 0.5) is 0 Å². The van der Waals surface area contributed by atoms with E-state index in [1.165, 1.54) is 38.8 Å². The quantitative estimate of drug-likeness (QED) is 0.665. The van der Waals surface area contributed by atoms with Crippen LogP contribution in [-0.4, -0.2) is 68.3 Å². The highest BCUT2D eigenvalue weighted by Crippen LogP contribution is 2.15. The molecule has 2 atom stereocenters. The number of hydrogen-bond donors (Lipinski definition) is 0. The van der Waals surface area contributed by atoms with Gasteiger partial charge in [0.15, 0.2) is 0 Å². The summed E-state index contributed by atoms with van der Waals surface area (Å²) in [5, 5.41) is 0. The Labute approximate surface area is 157 Å². The highest BCUT2D eigenvalue weighted by atomic mass is 16.5. The van der Waals surface area contributed by atoms with E-state index in [0.717, 1.165) is 44.8 Å². The van der Waals surface area contributed by atoms with Gasteiger partial charge in [0, 0.05) is 19.6 Å². The minimum atomic E-state index is -0.254. The largest absolute Gasteiger partial charge is 0.494 e. The number of nitrogens with zero attached hydrogens (tertiary/aromatic N) is 2. The van der Waals surface area contributed by atoms with E-state index in [9.17, 15) is 4.79 Å². The number of rotatable bonds is 0. The van der Waals surface area contributed by atoms with E-state index < -0.39 is 0 Å². The summed E-state index contributed by atoms with van der Waals surface area (Å²) in [5.74, 6) is 0.500. The Balaban J connectivity index is 1.57. The molecule has 2 unspecified atom stereocenters. The molecule has 2 aliphatic heterocycles. The molecule has 5 nitrogen and oxygen atoms in total. The van der Waals surface area contributed by atoms with Crippen molar-refractivity contribution in [3.63, 3.8) is 0 Å². The number of hydrogen-bond acceptors (Lipinski definition) is 5. The van der Waals surface area contributed by atoms with E-state index in [1.54, 1.807) is 12.1 Å². The Bertz CT molecular complexity index is 564. The molecule has 2 heterocycles. The number of esters is 1. The van der Waals surface area contributed by atoms with Crippen molar-refractivity contribution in [1.82, 2.24) is 9.80 Å². The molecule has 0 N–H and O–H groups in total. The van der Waals surface area contributed by atoms with Gasteiger partial charge in [0.1, 0.15) is 5.75 Å². The van der Waals surface area contributed by atoms with Crippen molar-refractivity contribution in [2.45, 2.75) is 38.5 Å². The minimum Gasteiger partial charge on any atom is -0.494 e. The van der Waals surface area contributed by atoms with Gasteiger partial charge in [-0.25, -0.2) is 4.79 Å². The van der Waals surface area contributed by atoms with E-state index in [1.807, 2.05) is 12.1 Å². The molecule has 1 aromatic carbocycles. The van der Waals surface area contributed by atoms with Gasteiger partial charge in [-0.05, 0) is 63.5 Å². The van der Waals surface area contributed by atoms with Crippen LogP contribution in [0.2, 0.25) is 0 Å². The van der Waals surface area contributed by atoms with Gasteiger partial charge in [-0.2, -0.15) is 0 Å². The maximum absolute atomic E-state index is 12.2. The van der Waals surface area contributed by atoms with E-state index in [-0.39, 0.29) is 5.97 Å². The third-order valence-electron chi connectivity index (χ3n) is 5.24. The second-order valence-electron chi connectivity index (χ2n) is 7.32. The zero-order valence-corrected chi connectivity index (χ0v) is 15.8. The molecule has 1 aromatic rings. The molecule has 3 rings (SSSR count). The van der Waals surface area contributed by atoms with Crippen LogP contribution in [0.15, 0.2) is 24.3 Å². The van der Waals surface area contributed by atoms with Crippen LogP contribution in [0.5, 0.6) is 5.75 Å². The third kappa shape index (κ3) is 6.29. The summed E-state index contributed by atoms with van der Waals surface area (Å²) in [6.07, 6.45) is 6.92. The zero-order valence-electron chi connectivity index (χ0n) is 15.8. The maximum atomic E-state index is 12.2. The first-order chi connectivity index (χ1) is 12.8. The topological polar surface area (TPSA) is 42.0 Å². The molecule has 0 saturated carbocycles. The van der Waals surface area contributed by atoms with E-state index in [2.05, 4.69) is 9.80 Å². The molecule has 1 saturated heterocycles. The lowest BCUT2D eigenvalue weighted by atomic mass is 10.2. The first kappa shape index (κ1) is 19.2. The number of carbonyl (C=O) groups is 1.